The van der Waals surface area contributed by atoms with Crippen LogP contribution in [0.5, 0.6) is 0 Å². The van der Waals surface area contributed by atoms with Crippen LogP contribution in [0.4, 0.5) is 11.4 Å². The maximum atomic E-state index is 13.5. The van der Waals surface area contributed by atoms with Gasteiger partial charge in [0.25, 0.3) is 11.8 Å². The molecule has 4 rings (SSSR count). The lowest BCUT2D eigenvalue weighted by Crippen LogP contribution is -2.69. The monoisotopic (exact) mass is 395 g/mol. The van der Waals surface area contributed by atoms with Gasteiger partial charge in [-0.1, -0.05) is 18.2 Å². The Bertz CT molecular complexity index is 977. The number of fused-ring (bicyclic) bond motifs is 3. The number of nitrogens with zero attached hydrogens (tertiary/aromatic N) is 2. The van der Waals surface area contributed by atoms with Crippen LogP contribution in [0.25, 0.3) is 0 Å². The average Bonchev–Trinajstić information content (AvgIpc) is 3.07. The van der Waals surface area contributed by atoms with Gasteiger partial charge in [0.05, 0.1) is 11.3 Å². The zero-order valence-corrected chi connectivity index (χ0v) is 16.6. The van der Waals surface area contributed by atoms with E-state index < -0.39 is 5.66 Å². The molecule has 2 aromatic rings. The van der Waals surface area contributed by atoms with Crippen LogP contribution in [-0.2, 0) is 9.59 Å². The number of carbonyl (C=O) groups is 3. The molecule has 2 aliphatic rings. The van der Waals surface area contributed by atoms with Gasteiger partial charge in [-0.2, -0.15) is 0 Å². The molecule has 0 aliphatic carbocycles. The SMILES string of the molecule is CCN1C(=O)c2ccccc2N2C(=O)CCC12C(=O)Nc1cccc(SC)c1. The second kappa shape index (κ2) is 6.98. The van der Waals surface area contributed by atoms with E-state index in [1.165, 1.54) is 9.80 Å². The van der Waals surface area contributed by atoms with Crippen molar-refractivity contribution in [3.8, 4) is 0 Å². The van der Waals surface area contributed by atoms with Crippen LogP contribution in [0.2, 0.25) is 0 Å². The van der Waals surface area contributed by atoms with Crippen LogP contribution in [0.1, 0.15) is 30.1 Å². The topological polar surface area (TPSA) is 69.7 Å². The van der Waals surface area contributed by atoms with Crippen molar-refractivity contribution in [1.29, 1.82) is 0 Å². The molecule has 3 amide bonds. The molecule has 1 fully saturated rings. The number of amides is 3. The highest BCUT2D eigenvalue weighted by molar-refractivity contribution is 7.98. The summed E-state index contributed by atoms with van der Waals surface area (Å²) in [7, 11) is 0. The predicted molar refractivity (Wildman–Crippen MR) is 109 cm³/mol. The van der Waals surface area contributed by atoms with Gasteiger partial charge in [0.15, 0.2) is 0 Å². The third kappa shape index (κ3) is 2.61. The van der Waals surface area contributed by atoms with E-state index in [0.717, 1.165) is 4.90 Å². The largest absolute Gasteiger partial charge is 0.322 e. The third-order valence-electron chi connectivity index (χ3n) is 5.38. The number of likely N-dealkylation sites (N-methyl/N-ethyl adjacent to an activating group) is 1. The first-order valence-corrected chi connectivity index (χ1v) is 10.4. The summed E-state index contributed by atoms with van der Waals surface area (Å²) in [5.41, 5.74) is 0.264. The van der Waals surface area contributed by atoms with Crippen LogP contribution in [0.15, 0.2) is 53.4 Å². The molecular formula is C21H21N3O3S. The van der Waals surface area contributed by atoms with Gasteiger partial charge in [0.2, 0.25) is 11.6 Å². The van der Waals surface area contributed by atoms with Gasteiger partial charge < -0.3 is 10.2 Å². The summed E-state index contributed by atoms with van der Waals surface area (Å²) in [6.45, 7) is 2.16. The molecule has 1 atom stereocenters. The fourth-order valence-electron chi connectivity index (χ4n) is 4.14. The van der Waals surface area contributed by atoms with E-state index in [1.807, 2.05) is 37.4 Å². The van der Waals surface area contributed by atoms with Crippen molar-refractivity contribution in [1.82, 2.24) is 4.90 Å². The quantitative estimate of drug-likeness (QED) is 0.806. The van der Waals surface area contributed by atoms with Crippen LogP contribution >= 0.6 is 11.8 Å². The number of thioether (sulfide) groups is 1. The van der Waals surface area contributed by atoms with Crippen LogP contribution in [-0.4, -0.2) is 41.1 Å². The van der Waals surface area contributed by atoms with Gasteiger partial charge in [-0.3, -0.25) is 19.3 Å². The maximum absolute atomic E-state index is 13.5. The van der Waals surface area contributed by atoms with Gasteiger partial charge in [-0.15, -0.1) is 11.8 Å². The Balaban J connectivity index is 1.81. The lowest BCUT2D eigenvalue weighted by Gasteiger charge is -2.48. The number of rotatable bonds is 4. The smallest absolute Gasteiger partial charge is 0.271 e. The summed E-state index contributed by atoms with van der Waals surface area (Å²) in [6, 6.07) is 14.5. The first-order valence-electron chi connectivity index (χ1n) is 9.22. The van der Waals surface area contributed by atoms with E-state index in [4.69, 9.17) is 0 Å². The molecule has 0 saturated carbocycles. The van der Waals surface area contributed by atoms with Crippen molar-refractivity contribution < 1.29 is 14.4 Å². The van der Waals surface area contributed by atoms with Crippen molar-refractivity contribution in [2.24, 2.45) is 0 Å². The van der Waals surface area contributed by atoms with E-state index in [-0.39, 0.29) is 30.6 Å². The van der Waals surface area contributed by atoms with Crippen molar-refractivity contribution in [2.75, 3.05) is 23.0 Å². The minimum atomic E-state index is -1.34. The van der Waals surface area contributed by atoms with Crippen molar-refractivity contribution >= 4 is 40.9 Å². The number of anilines is 2. The molecule has 144 valence electrons. The minimum Gasteiger partial charge on any atom is -0.322 e. The lowest BCUT2D eigenvalue weighted by atomic mass is 9.95. The molecule has 0 radical (unpaired) electrons. The molecular weight excluding hydrogens is 374 g/mol. The molecule has 0 aromatic heterocycles. The Kier molecular flexibility index (Phi) is 4.63. The van der Waals surface area contributed by atoms with E-state index in [0.29, 0.717) is 23.5 Å². The zero-order chi connectivity index (χ0) is 19.9. The first kappa shape index (κ1) is 18.6. The summed E-state index contributed by atoms with van der Waals surface area (Å²) in [6.07, 6.45) is 2.46. The normalized spacial score (nSPS) is 20.8. The Labute approximate surface area is 167 Å². The predicted octanol–water partition coefficient (Wildman–Crippen LogP) is 3.35. The number of hydrogen-bond acceptors (Lipinski definition) is 4. The van der Waals surface area contributed by atoms with E-state index in [2.05, 4.69) is 5.32 Å². The number of carbonyl (C=O) groups excluding carboxylic acids is 3. The molecule has 2 aromatic carbocycles. The molecule has 2 heterocycles. The second-order valence-corrected chi connectivity index (χ2v) is 7.68. The molecule has 0 spiro atoms. The highest BCUT2D eigenvalue weighted by Gasteiger charge is 2.60. The summed E-state index contributed by atoms with van der Waals surface area (Å²) in [5, 5.41) is 2.94. The molecule has 1 unspecified atom stereocenters. The van der Waals surface area contributed by atoms with Crippen molar-refractivity contribution in [2.45, 2.75) is 30.3 Å². The molecule has 28 heavy (non-hydrogen) atoms. The summed E-state index contributed by atoms with van der Waals surface area (Å²) in [5.74, 6) is -0.732. The summed E-state index contributed by atoms with van der Waals surface area (Å²) in [4.78, 5) is 43.6. The molecule has 7 heteroatoms. The fraction of sp³-hybridized carbons (Fsp3) is 0.286. The zero-order valence-electron chi connectivity index (χ0n) is 15.8. The molecule has 2 aliphatic heterocycles. The molecule has 1 saturated heterocycles. The van der Waals surface area contributed by atoms with Gasteiger partial charge in [0.1, 0.15) is 0 Å². The third-order valence-corrected chi connectivity index (χ3v) is 6.11. The highest BCUT2D eigenvalue weighted by Crippen LogP contribution is 2.44. The molecule has 0 bridgehead atoms. The molecule has 6 nitrogen and oxygen atoms in total. The lowest BCUT2D eigenvalue weighted by molar-refractivity contribution is -0.128. The Hall–Kier alpha value is -2.80. The van der Waals surface area contributed by atoms with Crippen LogP contribution < -0.4 is 10.2 Å². The van der Waals surface area contributed by atoms with Gasteiger partial charge >= 0.3 is 0 Å². The van der Waals surface area contributed by atoms with Gasteiger partial charge in [-0.25, -0.2) is 0 Å². The maximum Gasteiger partial charge on any atom is 0.271 e. The summed E-state index contributed by atoms with van der Waals surface area (Å²) < 4.78 is 0. The Morgan fingerprint density at radius 3 is 2.71 bits per heavy atom. The first-order chi connectivity index (χ1) is 13.5. The van der Waals surface area contributed by atoms with E-state index in [9.17, 15) is 14.4 Å². The van der Waals surface area contributed by atoms with Gasteiger partial charge in [0, 0.05) is 30.0 Å². The summed E-state index contributed by atoms with van der Waals surface area (Å²) >= 11 is 1.58. The van der Waals surface area contributed by atoms with Crippen molar-refractivity contribution in [3.63, 3.8) is 0 Å². The highest BCUT2D eigenvalue weighted by atomic mass is 32.2. The average molecular weight is 395 g/mol. The number of nitrogens with one attached hydrogen (secondary N) is 1. The number of benzene rings is 2. The van der Waals surface area contributed by atoms with Crippen LogP contribution in [0, 0.1) is 0 Å². The minimum absolute atomic E-state index is 0.147. The number of para-hydroxylation sites is 1. The van der Waals surface area contributed by atoms with Gasteiger partial charge in [-0.05, 0) is 43.5 Å². The van der Waals surface area contributed by atoms with Crippen LogP contribution in [0.3, 0.4) is 0 Å². The molecule has 1 N–H and O–H groups in total. The fourth-order valence-corrected chi connectivity index (χ4v) is 4.60. The van der Waals surface area contributed by atoms with E-state index in [1.54, 1.807) is 36.0 Å². The second-order valence-electron chi connectivity index (χ2n) is 6.80. The Morgan fingerprint density at radius 1 is 1.18 bits per heavy atom. The van der Waals surface area contributed by atoms with E-state index >= 15 is 0 Å². The number of hydrogen-bond donors (Lipinski definition) is 1. The van der Waals surface area contributed by atoms with Crippen molar-refractivity contribution in [3.05, 3.63) is 54.1 Å². The Morgan fingerprint density at radius 2 is 1.96 bits per heavy atom. The standard InChI is InChI=1S/C21H21N3O3S/c1-3-23-19(26)16-9-4-5-10-17(16)24-18(25)11-12-21(23,24)20(27)22-14-7-6-8-15(13-14)28-2/h4-10,13H,3,11-12H2,1-2H3,(H,22,27).